The highest BCUT2D eigenvalue weighted by atomic mass is 32.1. The summed E-state index contributed by atoms with van der Waals surface area (Å²) in [5, 5.41) is 16.3. The zero-order valence-corrected chi connectivity index (χ0v) is 16.7. The van der Waals surface area contributed by atoms with Gasteiger partial charge in [-0.15, -0.1) is 11.3 Å². The summed E-state index contributed by atoms with van der Waals surface area (Å²) in [4.78, 5) is 15.5. The lowest BCUT2D eigenvalue weighted by Crippen LogP contribution is -2.24. The Kier molecular flexibility index (Phi) is 5.32. The first-order valence-corrected chi connectivity index (χ1v) is 9.57. The monoisotopic (exact) mass is 385 g/mol. The molecule has 0 aliphatic rings. The molecule has 0 amide bonds. The second-order valence-corrected chi connectivity index (χ2v) is 8.11. The van der Waals surface area contributed by atoms with Crippen molar-refractivity contribution in [3.8, 4) is 27.6 Å². The Morgan fingerprint density at radius 3 is 2.56 bits per heavy atom. The number of methoxy groups -OCH3 is 1. The Morgan fingerprint density at radius 1 is 1.26 bits per heavy atom. The number of carbonyl (C=O) groups is 1. The first-order valence-electron chi connectivity index (χ1n) is 8.69. The smallest absolute Gasteiger partial charge is 0.303 e. The van der Waals surface area contributed by atoms with Gasteiger partial charge in [0.15, 0.2) is 0 Å². The molecule has 2 heterocycles. The third-order valence-corrected chi connectivity index (χ3v) is 5.07. The van der Waals surface area contributed by atoms with Gasteiger partial charge in [-0.3, -0.25) is 9.48 Å². The second-order valence-electron chi connectivity index (χ2n) is 7.26. The van der Waals surface area contributed by atoms with Crippen LogP contribution in [0.4, 0.5) is 0 Å². The molecule has 3 aromatic rings. The van der Waals surface area contributed by atoms with Crippen LogP contribution in [0.5, 0.6) is 5.75 Å². The van der Waals surface area contributed by atoms with Crippen LogP contribution >= 0.6 is 11.3 Å². The predicted octanol–water partition coefficient (Wildman–Crippen LogP) is 4.45. The molecule has 0 radical (unpaired) electrons. The van der Waals surface area contributed by atoms with E-state index in [1.165, 1.54) is 11.3 Å². The number of rotatable bonds is 6. The van der Waals surface area contributed by atoms with E-state index in [1.807, 2.05) is 40.5 Å². The summed E-state index contributed by atoms with van der Waals surface area (Å²) >= 11 is 1.51. The molecule has 0 fully saturated rings. The molecule has 2 aromatic heterocycles. The van der Waals surface area contributed by atoms with Crippen LogP contribution in [-0.2, 0) is 16.8 Å². The Labute approximate surface area is 162 Å². The molecule has 0 spiro atoms. The van der Waals surface area contributed by atoms with Crippen LogP contribution in [0.25, 0.3) is 21.8 Å². The van der Waals surface area contributed by atoms with E-state index < -0.39 is 5.97 Å². The SMILES string of the molecule is COc1ccc(-c2c(-c3nc(CCC(=O)O)cs3)cnn2C(C)(C)C)cc1. The maximum Gasteiger partial charge on any atom is 0.303 e. The lowest BCUT2D eigenvalue weighted by atomic mass is 10.0. The Bertz CT molecular complexity index is 936. The van der Waals surface area contributed by atoms with Crippen molar-refractivity contribution in [1.82, 2.24) is 14.8 Å². The van der Waals surface area contributed by atoms with Crippen molar-refractivity contribution in [3.05, 3.63) is 41.5 Å². The number of benzene rings is 1. The maximum absolute atomic E-state index is 10.8. The Morgan fingerprint density at radius 2 is 1.96 bits per heavy atom. The topological polar surface area (TPSA) is 77.2 Å². The van der Waals surface area contributed by atoms with E-state index in [2.05, 4.69) is 30.9 Å². The third kappa shape index (κ3) is 4.19. The average Bonchev–Trinajstić information content (AvgIpc) is 3.26. The van der Waals surface area contributed by atoms with Crippen molar-refractivity contribution >= 4 is 17.3 Å². The van der Waals surface area contributed by atoms with Crippen LogP contribution in [-0.4, -0.2) is 33.0 Å². The van der Waals surface area contributed by atoms with Crippen LogP contribution < -0.4 is 4.74 Å². The van der Waals surface area contributed by atoms with Gasteiger partial charge in [0, 0.05) is 17.4 Å². The lowest BCUT2D eigenvalue weighted by Gasteiger charge is -2.23. The van der Waals surface area contributed by atoms with Gasteiger partial charge in [-0.2, -0.15) is 5.10 Å². The summed E-state index contributed by atoms with van der Waals surface area (Å²) in [6.07, 6.45) is 2.34. The first-order chi connectivity index (χ1) is 12.8. The van der Waals surface area contributed by atoms with Gasteiger partial charge < -0.3 is 9.84 Å². The molecule has 1 N–H and O–H groups in total. The van der Waals surface area contributed by atoms with Gasteiger partial charge in [-0.1, -0.05) is 0 Å². The normalized spacial score (nSPS) is 11.6. The van der Waals surface area contributed by atoms with Gasteiger partial charge in [-0.25, -0.2) is 4.98 Å². The minimum Gasteiger partial charge on any atom is -0.497 e. The summed E-state index contributed by atoms with van der Waals surface area (Å²) in [5.41, 5.74) is 3.56. The number of hydrogen-bond acceptors (Lipinski definition) is 5. The van der Waals surface area contributed by atoms with Gasteiger partial charge in [0.1, 0.15) is 10.8 Å². The summed E-state index contributed by atoms with van der Waals surface area (Å²) < 4.78 is 7.27. The van der Waals surface area contributed by atoms with Crippen molar-refractivity contribution in [1.29, 1.82) is 0 Å². The van der Waals surface area contributed by atoms with E-state index in [9.17, 15) is 4.79 Å². The van der Waals surface area contributed by atoms with Crippen LogP contribution in [0.1, 0.15) is 32.9 Å². The summed E-state index contributed by atoms with van der Waals surface area (Å²) in [7, 11) is 1.65. The van der Waals surface area contributed by atoms with Crippen molar-refractivity contribution in [2.75, 3.05) is 7.11 Å². The molecule has 0 saturated carbocycles. The fraction of sp³-hybridized carbons (Fsp3) is 0.350. The van der Waals surface area contributed by atoms with Crippen LogP contribution in [0.2, 0.25) is 0 Å². The van der Waals surface area contributed by atoms with E-state index in [0.717, 1.165) is 33.3 Å². The zero-order chi connectivity index (χ0) is 19.6. The fourth-order valence-corrected chi connectivity index (χ4v) is 3.69. The van der Waals surface area contributed by atoms with Crippen LogP contribution in [0, 0.1) is 0 Å². The van der Waals surface area contributed by atoms with Gasteiger partial charge in [0.05, 0.1) is 42.2 Å². The van der Waals surface area contributed by atoms with Gasteiger partial charge >= 0.3 is 5.97 Å². The molecule has 0 atom stereocenters. The number of ether oxygens (including phenoxy) is 1. The third-order valence-electron chi connectivity index (χ3n) is 4.15. The average molecular weight is 385 g/mol. The van der Waals surface area contributed by atoms with Crippen molar-refractivity contribution in [3.63, 3.8) is 0 Å². The Balaban J connectivity index is 2.05. The first kappa shape index (κ1) is 19.1. The minimum atomic E-state index is -0.816. The predicted molar refractivity (Wildman–Crippen MR) is 106 cm³/mol. The highest BCUT2D eigenvalue weighted by Crippen LogP contribution is 2.37. The lowest BCUT2D eigenvalue weighted by molar-refractivity contribution is -0.136. The fourth-order valence-electron chi connectivity index (χ4n) is 2.82. The van der Waals surface area contributed by atoms with Gasteiger partial charge in [0.25, 0.3) is 0 Å². The molecule has 1 aromatic carbocycles. The van der Waals surface area contributed by atoms with Gasteiger partial charge in [-0.05, 0) is 45.0 Å². The molecular formula is C20H23N3O3S. The van der Waals surface area contributed by atoms with Crippen LogP contribution in [0.3, 0.4) is 0 Å². The van der Waals surface area contributed by atoms with E-state index in [-0.39, 0.29) is 12.0 Å². The van der Waals surface area contributed by atoms with Crippen LogP contribution in [0.15, 0.2) is 35.8 Å². The number of aromatic nitrogens is 3. The molecular weight excluding hydrogens is 362 g/mol. The number of carboxylic acid groups (broad SMARTS) is 1. The quantitative estimate of drug-likeness (QED) is 0.678. The molecule has 0 bridgehead atoms. The highest BCUT2D eigenvalue weighted by Gasteiger charge is 2.24. The number of aliphatic carboxylic acids is 1. The number of carboxylic acids is 1. The van der Waals surface area contributed by atoms with Crippen molar-refractivity contribution in [2.45, 2.75) is 39.2 Å². The molecule has 0 aliphatic carbocycles. The standard InChI is InChI=1S/C20H23N3O3S/c1-20(2,3)23-18(13-5-8-15(26-4)9-6-13)16(11-21-23)19-22-14(12-27-19)7-10-17(24)25/h5-6,8-9,11-12H,7,10H2,1-4H3,(H,24,25). The molecule has 0 aliphatic heterocycles. The molecule has 3 rings (SSSR count). The Hall–Kier alpha value is -2.67. The largest absolute Gasteiger partial charge is 0.497 e. The van der Waals surface area contributed by atoms with Crippen molar-refractivity contribution in [2.24, 2.45) is 0 Å². The summed E-state index contributed by atoms with van der Waals surface area (Å²) in [5.74, 6) is -0.0173. The molecule has 142 valence electrons. The zero-order valence-electron chi connectivity index (χ0n) is 15.9. The number of nitrogens with zero attached hydrogens (tertiary/aromatic N) is 3. The molecule has 6 nitrogen and oxygen atoms in total. The van der Waals surface area contributed by atoms with E-state index in [4.69, 9.17) is 9.84 Å². The second kappa shape index (κ2) is 7.52. The maximum atomic E-state index is 10.8. The van der Waals surface area contributed by atoms with E-state index in [0.29, 0.717) is 6.42 Å². The number of thiazole rings is 1. The van der Waals surface area contributed by atoms with Crippen molar-refractivity contribution < 1.29 is 14.6 Å². The molecule has 0 saturated heterocycles. The number of hydrogen-bond donors (Lipinski definition) is 1. The van der Waals surface area contributed by atoms with E-state index >= 15 is 0 Å². The van der Waals surface area contributed by atoms with Gasteiger partial charge in [0.2, 0.25) is 0 Å². The molecule has 0 unspecified atom stereocenters. The highest BCUT2D eigenvalue weighted by molar-refractivity contribution is 7.13. The molecule has 27 heavy (non-hydrogen) atoms. The molecule has 7 heteroatoms. The minimum absolute atomic E-state index is 0.0791. The van der Waals surface area contributed by atoms with E-state index in [1.54, 1.807) is 7.11 Å². The summed E-state index contributed by atoms with van der Waals surface area (Å²) in [6, 6.07) is 7.89. The summed E-state index contributed by atoms with van der Waals surface area (Å²) in [6.45, 7) is 6.32. The number of aryl methyl sites for hydroxylation is 1.